The Kier molecular flexibility index (Phi) is 4.13. The standard InChI is InChI=1S/C14H11FN2O4/c15-13-10(2-1-3-12(13)17(19)20)8-21-11-6-4-9(5-7-11)14(16)18/h1-7H,8H2,(H2,16,18). The molecule has 6 nitrogen and oxygen atoms in total. The lowest BCUT2D eigenvalue weighted by Gasteiger charge is -2.07. The van der Waals surface area contributed by atoms with Crippen LogP contribution in [0.25, 0.3) is 0 Å². The fourth-order valence-electron chi connectivity index (χ4n) is 1.70. The molecule has 2 N–H and O–H groups in total. The average molecular weight is 290 g/mol. The van der Waals surface area contributed by atoms with Crippen LogP contribution in [0.5, 0.6) is 5.75 Å². The Balaban J connectivity index is 2.11. The number of halogens is 1. The van der Waals surface area contributed by atoms with Crippen molar-refractivity contribution >= 4 is 11.6 Å². The van der Waals surface area contributed by atoms with Crippen molar-refractivity contribution in [2.75, 3.05) is 0 Å². The molecule has 0 aromatic heterocycles. The van der Waals surface area contributed by atoms with E-state index < -0.39 is 22.3 Å². The highest BCUT2D eigenvalue weighted by Crippen LogP contribution is 2.22. The third-order valence-electron chi connectivity index (χ3n) is 2.79. The molecule has 1 amide bonds. The lowest BCUT2D eigenvalue weighted by molar-refractivity contribution is -0.387. The maximum atomic E-state index is 13.8. The van der Waals surface area contributed by atoms with E-state index >= 15 is 0 Å². The second-order valence-corrected chi connectivity index (χ2v) is 4.18. The first-order valence-electron chi connectivity index (χ1n) is 5.93. The van der Waals surface area contributed by atoms with Crippen molar-refractivity contribution in [3.63, 3.8) is 0 Å². The van der Waals surface area contributed by atoms with Crippen LogP contribution in [-0.2, 0) is 6.61 Å². The van der Waals surface area contributed by atoms with Crippen LogP contribution in [0, 0.1) is 15.9 Å². The molecular formula is C14H11FN2O4. The van der Waals surface area contributed by atoms with E-state index in [2.05, 4.69) is 0 Å². The summed E-state index contributed by atoms with van der Waals surface area (Å²) in [6.45, 7) is -0.163. The van der Waals surface area contributed by atoms with Gasteiger partial charge in [-0.3, -0.25) is 14.9 Å². The molecule has 0 atom stereocenters. The zero-order valence-electron chi connectivity index (χ0n) is 10.8. The van der Waals surface area contributed by atoms with Crippen LogP contribution in [0.3, 0.4) is 0 Å². The monoisotopic (exact) mass is 290 g/mol. The number of hydrogen-bond acceptors (Lipinski definition) is 4. The molecular weight excluding hydrogens is 279 g/mol. The number of nitro groups is 1. The lowest BCUT2D eigenvalue weighted by Crippen LogP contribution is -2.10. The minimum atomic E-state index is -0.920. The number of amides is 1. The van der Waals surface area contributed by atoms with Gasteiger partial charge in [-0.25, -0.2) is 0 Å². The first-order chi connectivity index (χ1) is 9.99. The van der Waals surface area contributed by atoms with Crippen molar-refractivity contribution < 1.29 is 18.8 Å². The fourth-order valence-corrected chi connectivity index (χ4v) is 1.70. The minimum Gasteiger partial charge on any atom is -0.489 e. The average Bonchev–Trinajstić information content (AvgIpc) is 2.46. The summed E-state index contributed by atoms with van der Waals surface area (Å²) in [6, 6.07) is 9.84. The highest BCUT2D eigenvalue weighted by molar-refractivity contribution is 5.92. The molecule has 0 saturated carbocycles. The quantitative estimate of drug-likeness (QED) is 0.675. The Morgan fingerprint density at radius 1 is 1.24 bits per heavy atom. The van der Waals surface area contributed by atoms with E-state index in [1.165, 1.54) is 36.4 Å². The number of nitro benzene ring substituents is 1. The molecule has 0 spiro atoms. The van der Waals surface area contributed by atoms with Crippen LogP contribution in [0.1, 0.15) is 15.9 Å². The zero-order valence-corrected chi connectivity index (χ0v) is 10.8. The Hall–Kier alpha value is -2.96. The lowest BCUT2D eigenvalue weighted by atomic mass is 10.2. The summed E-state index contributed by atoms with van der Waals surface area (Å²) in [5.74, 6) is -1.09. The second-order valence-electron chi connectivity index (χ2n) is 4.18. The van der Waals surface area contributed by atoms with Crippen LogP contribution < -0.4 is 10.5 Å². The highest BCUT2D eigenvalue weighted by atomic mass is 19.1. The summed E-state index contributed by atoms with van der Waals surface area (Å²) < 4.78 is 19.1. The zero-order chi connectivity index (χ0) is 15.4. The largest absolute Gasteiger partial charge is 0.489 e. The predicted molar refractivity (Wildman–Crippen MR) is 72.3 cm³/mol. The van der Waals surface area contributed by atoms with Gasteiger partial charge in [-0.15, -0.1) is 0 Å². The van der Waals surface area contributed by atoms with Crippen molar-refractivity contribution in [1.82, 2.24) is 0 Å². The maximum absolute atomic E-state index is 13.8. The smallest absolute Gasteiger partial charge is 0.305 e. The molecule has 0 unspecified atom stereocenters. The summed E-state index contributed by atoms with van der Waals surface area (Å²) in [5, 5.41) is 10.6. The molecule has 0 fully saturated rings. The van der Waals surface area contributed by atoms with Gasteiger partial charge in [0.25, 0.3) is 0 Å². The van der Waals surface area contributed by atoms with Crippen LogP contribution in [0.4, 0.5) is 10.1 Å². The van der Waals surface area contributed by atoms with E-state index in [0.29, 0.717) is 11.3 Å². The summed E-state index contributed by atoms with van der Waals surface area (Å²) in [5.41, 5.74) is 4.90. The maximum Gasteiger partial charge on any atom is 0.305 e. The van der Waals surface area contributed by atoms with Gasteiger partial charge in [0.1, 0.15) is 12.4 Å². The van der Waals surface area contributed by atoms with E-state index in [-0.39, 0.29) is 12.2 Å². The SMILES string of the molecule is NC(=O)c1ccc(OCc2cccc([N+](=O)[O-])c2F)cc1. The summed E-state index contributed by atoms with van der Waals surface area (Å²) in [6.07, 6.45) is 0. The van der Waals surface area contributed by atoms with Crippen molar-refractivity contribution in [3.05, 3.63) is 69.5 Å². The molecule has 0 heterocycles. The molecule has 21 heavy (non-hydrogen) atoms. The van der Waals surface area contributed by atoms with E-state index in [0.717, 1.165) is 6.07 Å². The van der Waals surface area contributed by atoms with E-state index in [1.54, 1.807) is 0 Å². The number of primary amides is 1. The van der Waals surface area contributed by atoms with Crippen LogP contribution in [-0.4, -0.2) is 10.8 Å². The van der Waals surface area contributed by atoms with Crippen LogP contribution >= 0.6 is 0 Å². The normalized spacial score (nSPS) is 10.1. The number of benzene rings is 2. The Bertz CT molecular complexity index is 686. The van der Waals surface area contributed by atoms with Gasteiger partial charge < -0.3 is 10.5 Å². The molecule has 7 heteroatoms. The predicted octanol–water partition coefficient (Wildman–Crippen LogP) is 2.41. The number of carbonyl (C=O) groups is 1. The van der Waals surface area contributed by atoms with Crippen LogP contribution in [0.2, 0.25) is 0 Å². The van der Waals surface area contributed by atoms with Gasteiger partial charge in [0.05, 0.1) is 4.92 Å². The van der Waals surface area contributed by atoms with Crippen molar-refractivity contribution in [3.8, 4) is 5.75 Å². The number of carbonyl (C=O) groups excluding carboxylic acids is 1. The van der Waals surface area contributed by atoms with Crippen molar-refractivity contribution in [2.24, 2.45) is 5.73 Å². The number of nitrogens with two attached hydrogens (primary N) is 1. The number of rotatable bonds is 5. The van der Waals surface area contributed by atoms with Gasteiger partial charge in [-0.05, 0) is 24.3 Å². The molecule has 0 saturated heterocycles. The van der Waals surface area contributed by atoms with Gasteiger partial charge in [-0.2, -0.15) is 4.39 Å². The minimum absolute atomic E-state index is 0.0724. The van der Waals surface area contributed by atoms with Crippen molar-refractivity contribution in [2.45, 2.75) is 6.61 Å². The molecule has 0 aliphatic heterocycles. The fraction of sp³-hybridized carbons (Fsp3) is 0.0714. The molecule has 2 rings (SSSR count). The second kappa shape index (κ2) is 6.00. The van der Waals surface area contributed by atoms with Gasteiger partial charge in [0.15, 0.2) is 0 Å². The number of ether oxygens (including phenoxy) is 1. The Labute approximate surface area is 119 Å². The topological polar surface area (TPSA) is 95.5 Å². The third kappa shape index (κ3) is 3.33. The summed E-state index contributed by atoms with van der Waals surface area (Å²) in [7, 11) is 0. The molecule has 0 aliphatic carbocycles. The first-order valence-corrected chi connectivity index (χ1v) is 5.93. The Morgan fingerprint density at radius 3 is 2.48 bits per heavy atom. The molecule has 0 bridgehead atoms. The van der Waals surface area contributed by atoms with Crippen LogP contribution in [0.15, 0.2) is 42.5 Å². The summed E-state index contributed by atoms with van der Waals surface area (Å²) >= 11 is 0. The van der Waals surface area contributed by atoms with Gasteiger partial charge in [0.2, 0.25) is 11.7 Å². The third-order valence-corrected chi connectivity index (χ3v) is 2.79. The van der Waals surface area contributed by atoms with E-state index in [4.69, 9.17) is 10.5 Å². The van der Waals surface area contributed by atoms with Gasteiger partial charge in [-0.1, -0.05) is 12.1 Å². The van der Waals surface area contributed by atoms with Crippen molar-refractivity contribution in [1.29, 1.82) is 0 Å². The molecule has 0 radical (unpaired) electrons. The number of hydrogen-bond donors (Lipinski definition) is 1. The first kappa shape index (κ1) is 14.4. The van der Waals surface area contributed by atoms with Gasteiger partial charge >= 0.3 is 5.69 Å². The van der Waals surface area contributed by atoms with E-state index in [9.17, 15) is 19.3 Å². The molecule has 2 aromatic rings. The molecule has 2 aromatic carbocycles. The van der Waals surface area contributed by atoms with E-state index in [1.807, 2.05) is 0 Å². The Morgan fingerprint density at radius 2 is 1.90 bits per heavy atom. The highest BCUT2D eigenvalue weighted by Gasteiger charge is 2.17. The molecule has 108 valence electrons. The molecule has 0 aliphatic rings. The van der Waals surface area contributed by atoms with Gasteiger partial charge in [0, 0.05) is 17.2 Å². The number of nitrogens with zero attached hydrogens (tertiary/aromatic N) is 1. The summed E-state index contributed by atoms with van der Waals surface area (Å²) in [4.78, 5) is 20.7.